The van der Waals surface area contributed by atoms with E-state index in [9.17, 15) is 0 Å². The van der Waals surface area contributed by atoms with Crippen molar-refractivity contribution in [1.82, 2.24) is 0 Å². The van der Waals surface area contributed by atoms with Crippen LogP contribution in [0.15, 0.2) is 60.7 Å². The fraction of sp³-hybridized carbons (Fsp3) is 0.250. The molecule has 0 spiro atoms. The largest absolute Gasteiger partial charge is 2.00 e. The van der Waals surface area contributed by atoms with E-state index < -0.39 is 0 Å². The first-order chi connectivity index (χ1) is 16.9. The molecule has 0 aliphatic carbocycles. The molecule has 0 unspecified atom stereocenters. The van der Waals surface area contributed by atoms with Gasteiger partial charge < -0.3 is 10.2 Å². The minimum atomic E-state index is 0. The summed E-state index contributed by atoms with van der Waals surface area (Å²) < 4.78 is 0. The van der Waals surface area contributed by atoms with E-state index in [4.69, 9.17) is 10.2 Å². The number of rotatable bonds is 2. The fourth-order valence-corrected chi connectivity index (χ4v) is 3.69. The van der Waals surface area contributed by atoms with Gasteiger partial charge in [-0.2, -0.15) is 56.6 Å². The Hall–Kier alpha value is -2.20. The van der Waals surface area contributed by atoms with Crippen LogP contribution in [0.2, 0.25) is 0 Å². The number of thiocarbonyl (C=S) groups is 2. The van der Waals surface area contributed by atoms with Gasteiger partial charge in [-0.15, -0.1) is 0 Å². The van der Waals surface area contributed by atoms with Gasteiger partial charge >= 0.3 is 26.2 Å². The van der Waals surface area contributed by atoms with Gasteiger partial charge in [0.2, 0.25) is 0 Å². The van der Waals surface area contributed by atoms with Gasteiger partial charge in [0.05, 0.1) is 0 Å². The van der Waals surface area contributed by atoms with Gasteiger partial charge in [0.1, 0.15) is 11.5 Å². The van der Waals surface area contributed by atoms with Crippen molar-refractivity contribution in [2.24, 2.45) is 0 Å². The standard InChI is InChI=1S/2C9H13.2C7H6OS.Zr/c2*1-6-5-7(2)9(4)8(6)3;2*8-7-3-1-6(5-9)2-4-7;/h2*5H,1-4H3;2*1-5,8H;/q2*-1;;;+2. The van der Waals surface area contributed by atoms with E-state index in [0.717, 1.165) is 11.1 Å². The van der Waals surface area contributed by atoms with Gasteiger partial charge in [-0.05, 0) is 35.4 Å². The normalized spacial score (nSPS) is 9.30. The second-order valence-electron chi connectivity index (χ2n) is 8.94. The number of aromatic hydroxyl groups is 2. The van der Waals surface area contributed by atoms with E-state index in [0.29, 0.717) is 0 Å². The predicted octanol–water partition coefficient (Wildman–Crippen LogP) is 8.76. The first kappa shape index (κ1) is 34.8. The molecule has 5 heteroatoms. The van der Waals surface area contributed by atoms with E-state index in [1.54, 1.807) is 59.3 Å². The second-order valence-corrected chi connectivity index (χ2v) is 9.41. The summed E-state index contributed by atoms with van der Waals surface area (Å²) in [7, 11) is 0. The first-order valence-electron chi connectivity index (χ1n) is 11.8. The van der Waals surface area contributed by atoms with Crippen LogP contribution >= 0.6 is 24.4 Å². The van der Waals surface area contributed by atoms with Crippen LogP contribution in [-0.4, -0.2) is 20.9 Å². The molecule has 0 fully saturated rings. The Bertz CT molecular complexity index is 1100. The Morgan fingerprint density at radius 1 is 0.568 bits per heavy atom. The average molecular weight is 610 g/mol. The van der Waals surface area contributed by atoms with Crippen molar-refractivity contribution in [3.05, 3.63) is 116 Å². The molecular formula is C32H38O2S2Zr. The Kier molecular flexibility index (Phi) is 16.3. The monoisotopic (exact) mass is 608 g/mol. The number of aryl methyl sites for hydroxylation is 4. The second kappa shape index (κ2) is 17.3. The van der Waals surface area contributed by atoms with Crippen LogP contribution in [-0.2, 0) is 26.2 Å². The van der Waals surface area contributed by atoms with Gasteiger partial charge in [0, 0.05) is 10.7 Å². The number of hydrogen-bond donors (Lipinski definition) is 2. The first-order valence-corrected chi connectivity index (χ1v) is 12.7. The number of phenols is 2. The SMILES string of the molecule is Cc1c[c-](C)c(C)c1C.Cc1c[c-](C)c(C)c1C.Oc1ccc(C=S)cc1.Oc1ccc(C=S)cc1.[Zr+2]. The maximum Gasteiger partial charge on any atom is 2.00 e. The summed E-state index contributed by atoms with van der Waals surface area (Å²) in [6.07, 6.45) is 0. The summed E-state index contributed by atoms with van der Waals surface area (Å²) in [5.74, 6) is 0.547. The molecule has 0 bridgehead atoms. The molecule has 4 aromatic rings. The Balaban J connectivity index is 0.000000463. The van der Waals surface area contributed by atoms with Gasteiger partial charge in [-0.3, -0.25) is 0 Å². The van der Waals surface area contributed by atoms with E-state index in [-0.39, 0.29) is 37.7 Å². The van der Waals surface area contributed by atoms with Crippen molar-refractivity contribution in [1.29, 1.82) is 0 Å². The topological polar surface area (TPSA) is 40.5 Å². The molecule has 2 nitrogen and oxygen atoms in total. The third kappa shape index (κ3) is 11.8. The van der Waals surface area contributed by atoms with Gasteiger partial charge in [0.25, 0.3) is 0 Å². The van der Waals surface area contributed by atoms with Crippen molar-refractivity contribution >= 4 is 35.2 Å². The van der Waals surface area contributed by atoms with Crippen LogP contribution in [0.5, 0.6) is 11.5 Å². The number of benzene rings is 2. The summed E-state index contributed by atoms with van der Waals surface area (Å²) in [6, 6.07) is 18.0. The zero-order valence-electron chi connectivity index (χ0n) is 23.1. The summed E-state index contributed by atoms with van der Waals surface area (Å²) in [5.41, 5.74) is 13.4. The molecule has 0 amide bonds. The van der Waals surface area contributed by atoms with E-state index in [2.05, 4.69) is 92.0 Å². The zero-order valence-corrected chi connectivity index (χ0v) is 27.2. The molecule has 0 radical (unpaired) electrons. The minimum absolute atomic E-state index is 0. The molecule has 0 aromatic heterocycles. The molecule has 0 aliphatic heterocycles. The average Bonchev–Trinajstić information content (AvgIpc) is 3.23. The summed E-state index contributed by atoms with van der Waals surface area (Å²) in [6.45, 7) is 17.4. The maximum atomic E-state index is 8.80. The third-order valence-corrected chi connectivity index (χ3v) is 6.96. The molecule has 0 heterocycles. The van der Waals surface area contributed by atoms with Crippen LogP contribution in [0, 0.1) is 55.4 Å². The molecule has 0 atom stereocenters. The van der Waals surface area contributed by atoms with Crippen molar-refractivity contribution in [2.45, 2.75) is 55.4 Å². The van der Waals surface area contributed by atoms with Crippen LogP contribution in [0.3, 0.4) is 0 Å². The van der Waals surface area contributed by atoms with Crippen molar-refractivity contribution in [2.75, 3.05) is 0 Å². The van der Waals surface area contributed by atoms with Crippen LogP contribution < -0.4 is 0 Å². The smallest absolute Gasteiger partial charge is 0.508 e. The van der Waals surface area contributed by atoms with Gasteiger partial charge in [-0.25, -0.2) is 0 Å². The Morgan fingerprint density at radius 3 is 0.973 bits per heavy atom. The molecule has 0 aliphatic rings. The van der Waals surface area contributed by atoms with Crippen molar-refractivity contribution in [3.63, 3.8) is 0 Å². The van der Waals surface area contributed by atoms with Gasteiger partial charge in [-0.1, -0.05) is 104 Å². The quantitative estimate of drug-likeness (QED) is 0.176. The summed E-state index contributed by atoms with van der Waals surface area (Å²) in [4.78, 5) is 0. The Morgan fingerprint density at radius 2 is 0.838 bits per heavy atom. The fourth-order valence-electron chi connectivity index (χ4n) is 3.37. The molecule has 0 saturated carbocycles. The predicted molar refractivity (Wildman–Crippen MR) is 164 cm³/mol. The number of hydrogen-bond acceptors (Lipinski definition) is 4. The molecule has 2 N–H and O–H groups in total. The molecular weight excluding hydrogens is 572 g/mol. The third-order valence-electron chi connectivity index (χ3n) is 6.42. The van der Waals surface area contributed by atoms with Crippen molar-refractivity contribution < 1.29 is 36.4 Å². The molecule has 4 rings (SSSR count). The number of phenolic OH excluding ortho intramolecular Hbond substituents is 2. The van der Waals surface area contributed by atoms with E-state index in [1.165, 1.54) is 44.5 Å². The van der Waals surface area contributed by atoms with Crippen LogP contribution in [0.4, 0.5) is 0 Å². The molecule has 37 heavy (non-hydrogen) atoms. The van der Waals surface area contributed by atoms with Crippen LogP contribution in [0.1, 0.15) is 55.6 Å². The zero-order chi connectivity index (χ0) is 27.4. The van der Waals surface area contributed by atoms with E-state index >= 15 is 0 Å². The minimum Gasteiger partial charge on any atom is -0.508 e. The summed E-state index contributed by atoms with van der Waals surface area (Å²) in [5, 5.41) is 20.7. The van der Waals surface area contributed by atoms with E-state index in [1.807, 2.05) is 0 Å². The molecule has 0 saturated heterocycles. The summed E-state index contributed by atoms with van der Waals surface area (Å²) >= 11 is 9.31. The van der Waals surface area contributed by atoms with Gasteiger partial charge in [0.15, 0.2) is 0 Å². The molecule has 4 aromatic carbocycles. The van der Waals surface area contributed by atoms with Crippen LogP contribution in [0.25, 0.3) is 0 Å². The van der Waals surface area contributed by atoms with Crippen molar-refractivity contribution in [3.8, 4) is 11.5 Å². The Labute approximate surface area is 253 Å². The maximum absolute atomic E-state index is 8.80. The molecule has 194 valence electrons.